The fourth-order valence-corrected chi connectivity index (χ4v) is 2.01. The lowest BCUT2D eigenvalue weighted by atomic mass is 10.3. The fraction of sp³-hybridized carbons (Fsp3) is 0.400. The van der Waals surface area contributed by atoms with Gasteiger partial charge in [-0.3, -0.25) is 9.59 Å². The summed E-state index contributed by atoms with van der Waals surface area (Å²) in [4.78, 5) is 24.4. The number of methoxy groups -OCH3 is 3. The summed E-state index contributed by atoms with van der Waals surface area (Å²) in [6, 6.07) is 7.23. The Morgan fingerprint density at radius 1 is 1.13 bits per heavy atom. The Morgan fingerprint density at radius 2 is 1.78 bits per heavy atom. The van der Waals surface area contributed by atoms with Crippen LogP contribution >= 0.6 is 12.2 Å². The van der Waals surface area contributed by atoms with Crippen molar-refractivity contribution in [2.75, 3.05) is 39.7 Å². The average molecular weight is 340 g/mol. The Kier molecular flexibility index (Phi) is 7.82. The first-order valence-corrected chi connectivity index (χ1v) is 7.25. The van der Waals surface area contributed by atoms with Gasteiger partial charge in [-0.1, -0.05) is 12.1 Å². The zero-order chi connectivity index (χ0) is 17.2. The van der Waals surface area contributed by atoms with E-state index >= 15 is 0 Å². The minimum atomic E-state index is -0.459. The van der Waals surface area contributed by atoms with Gasteiger partial charge < -0.3 is 24.4 Å². The molecule has 1 aromatic carbocycles. The first-order chi connectivity index (χ1) is 11.0. The van der Waals surface area contributed by atoms with Crippen LogP contribution in [0.4, 0.5) is 5.69 Å². The van der Waals surface area contributed by atoms with Crippen LogP contribution in [-0.4, -0.2) is 56.4 Å². The van der Waals surface area contributed by atoms with Crippen LogP contribution in [0.2, 0.25) is 0 Å². The Balaban J connectivity index is 2.80. The number of rotatable bonds is 7. The molecule has 0 aliphatic carbocycles. The number of esters is 2. The van der Waals surface area contributed by atoms with Crippen molar-refractivity contribution in [3.8, 4) is 5.75 Å². The molecule has 0 atom stereocenters. The summed E-state index contributed by atoms with van der Waals surface area (Å²) < 4.78 is 14.5. The molecule has 8 heteroatoms. The zero-order valence-electron chi connectivity index (χ0n) is 13.3. The number of para-hydroxylation sites is 2. The second-order valence-corrected chi connectivity index (χ2v) is 4.84. The highest BCUT2D eigenvalue weighted by atomic mass is 32.1. The standard InChI is InChI=1S/C15H20N2O5S/c1-20-12-7-5-4-6-11(12)16-15(23)17(10-14(19)22-3)9-8-13(18)21-2/h4-7H,8-10H2,1-3H3,(H,16,23). The summed E-state index contributed by atoms with van der Waals surface area (Å²) in [6.45, 7) is 0.150. The minimum absolute atomic E-state index is 0.0749. The third-order valence-electron chi connectivity index (χ3n) is 3.00. The van der Waals surface area contributed by atoms with Crippen LogP contribution in [0.5, 0.6) is 5.75 Å². The summed E-state index contributed by atoms with van der Waals surface area (Å²) in [5.41, 5.74) is 0.660. The molecule has 0 bridgehead atoms. The van der Waals surface area contributed by atoms with Gasteiger partial charge >= 0.3 is 11.9 Å². The van der Waals surface area contributed by atoms with E-state index in [4.69, 9.17) is 17.0 Å². The SMILES string of the molecule is COC(=O)CCN(CC(=O)OC)C(=S)Nc1ccccc1OC. The minimum Gasteiger partial charge on any atom is -0.495 e. The van der Waals surface area contributed by atoms with Gasteiger partial charge in [-0.2, -0.15) is 0 Å². The van der Waals surface area contributed by atoms with Gasteiger partial charge in [0.05, 0.1) is 33.4 Å². The van der Waals surface area contributed by atoms with E-state index in [2.05, 4.69) is 14.8 Å². The van der Waals surface area contributed by atoms with E-state index in [-0.39, 0.29) is 30.6 Å². The molecule has 0 aromatic heterocycles. The van der Waals surface area contributed by atoms with Crippen molar-refractivity contribution in [2.24, 2.45) is 0 Å². The lowest BCUT2D eigenvalue weighted by Gasteiger charge is -2.24. The van der Waals surface area contributed by atoms with Crippen LogP contribution < -0.4 is 10.1 Å². The van der Waals surface area contributed by atoms with Gasteiger partial charge in [0.25, 0.3) is 0 Å². The lowest BCUT2D eigenvalue weighted by molar-refractivity contribution is -0.143. The maximum absolute atomic E-state index is 11.5. The molecule has 0 saturated carbocycles. The maximum atomic E-state index is 11.5. The van der Waals surface area contributed by atoms with E-state index in [0.29, 0.717) is 11.4 Å². The molecule has 0 spiro atoms. The van der Waals surface area contributed by atoms with E-state index in [9.17, 15) is 9.59 Å². The molecule has 0 aliphatic rings. The third-order valence-corrected chi connectivity index (χ3v) is 3.36. The number of anilines is 1. The van der Waals surface area contributed by atoms with Crippen molar-refractivity contribution in [3.05, 3.63) is 24.3 Å². The van der Waals surface area contributed by atoms with E-state index in [1.165, 1.54) is 19.1 Å². The third kappa shape index (κ3) is 6.11. The zero-order valence-corrected chi connectivity index (χ0v) is 14.1. The van der Waals surface area contributed by atoms with Gasteiger partial charge in [0.2, 0.25) is 0 Å². The fourth-order valence-electron chi connectivity index (χ4n) is 1.74. The molecule has 23 heavy (non-hydrogen) atoms. The molecule has 0 heterocycles. The van der Waals surface area contributed by atoms with Crippen LogP contribution in [0, 0.1) is 0 Å². The second-order valence-electron chi connectivity index (χ2n) is 4.45. The number of thiocarbonyl (C=S) groups is 1. The second kappa shape index (κ2) is 9.62. The topological polar surface area (TPSA) is 77.1 Å². The van der Waals surface area contributed by atoms with Gasteiger partial charge in [-0.15, -0.1) is 0 Å². The van der Waals surface area contributed by atoms with Crippen molar-refractivity contribution in [1.82, 2.24) is 4.90 Å². The van der Waals surface area contributed by atoms with Crippen molar-refractivity contribution >= 4 is 35.0 Å². The smallest absolute Gasteiger partial charge is 0.325 e. The number of ether oxygens (including phenoxy) is 3. The average Bonchev–Trinajstić information content (AvgIpc) is 2.58. The molecule has 0 aliphatic heterocycles. The van der Waals surface area contributed by atoms with Crippen molar-refractivity contribution < 1.29 is 23.8 Å². The molecule has 0 radical (unpaired) electrons. The van der Waals surface area contributed by atoms with Crippen molar-refractivity contribution in [3.63, 3.8) is 0 Å². The van der Waals surface area contributed by atoms with E-state index < -0.39 is 5.97 Å². The molecule has 0 unspecified atom stereocenters. The summed E-state index contributed by atoms with van der Waals surface area (Å²) in [6.07, 6.45) is 0.0985. The van der Waals surface area contributed by atoms with Crippen LogP contribution in [0.25, 0.3) is 0 Å². The molecule has 1 N–H and O–H groups in total. The van der Waals surface area contributed by atoms with Gasteiger partial charge in [-0.25, -0.2) is 0 Å². The van der Waals surface area contributed by atoms with E-state index in [0.717, 1.165) is 0 Å². The van der Waals surface area contributed by atoms with Crippen LogP contribution in [0.3, 0.4) is 0 Å². The largest absolute Gasteiger partial charge is 0.495 e. The summed E-state index contributed by atoms with van der Waals surface area (Å²) in [5.74, 6) is -0.236. The number of nitrogens with one attached hydrogen (secondary N) is 1. The summed E-state index contributed by atoms with van der Waals surface area (Å²) in [7, 11) is 4.14. The van der Waals surface area contributed by atoms with Crippen molar-refractivity contribution in [2.45, 2.75) is 6.42 Å². The number of hydrogen-bond acceptors (Lipinski definition) is 6. The maximum Gasteiger partial charge on any atom is 0.325 e. The quantitative estimate of drug-likeness (QED) is 0.590. The number of carbonyl (C=O) groups excluding carboxylic acids is 2. The number of nitrogens with zero attached hydrogens (tertiary/aromatic N) is 1. The summed E-state index contributed by atoms with van der Waals surface area (Å²) in [5, 5.41) is 3.29. The first kappa shape index (κ1) is 18.7. The molecule has 0 amide bonds. The Bertz CT molecular complexity index is 565. The predicted molar refractivity (Wildman–Crippen MR) is 89.4 cm³/mol. The van der Waals surface area contributed by atoms with Gasteiger partial charge in [-0.05, 0) is 24.4 Å². The highest BCUT2D eigenvalue weighted by molar-refractivity contribution is 7.80. The van der Waals surface area contributed by atoms with Crippen molar-refractivity contribution in [1.29, 1.82) is 0 Å². The van der Waals surface area contributed by atoms with E-state index in [1.807, 2.05) is 12.1 Å². The number of hydrogen-bond donors (Lipinski definition) is 1. The van der Waals surface area contributed by atoms with E-state index in [1.54, 1.807) is 19.2 Å². The van der Waals surface area contributed by atoms with Gasteiger partial charge in [0.1, 0.15) is 12.3 Å². The normalized spacial score (nSPS) is 9.70. The van der Waals surface area contributed by atoms with Crippen LogP contribution in [0.15, 0.2) is 24.3 Å². The predicted octanol–water partition coefficient (Wildman–Crippen LogP) is 1.43. The van der Waals surface area contributed by atoms with Crippen LogP contribution in [-0.2, 0) is 19.1 Å². The molecular formula is C15H20N2O5S. The Morgan fingerprint density at radius 3 is 2.39 bits per heavy atom. The number of carbonyl (C=O) groups is 2. The molecule has 1 aromatic rings. The highest BCUT2D eigenvalue weighted by Gasteiger charge is 2.17. The molecular weight excluding hydrogens is 320 g/mol. The van der Waals surface area contributed by atoms with Gasteiger partial charge in [0, 0.05) is 6.54 Å². The molecule has 7 nitrogen and oxygen atoms in total. The monoisotopic (exact) mass is 340 g/mol. The van der Waals surface area contributed by atoms with Crippen LogP contribution in [0.1, 0.15) is 6.42 Å². The highest BCUT2D eigenvalue weighted by Crippen LogP contribution is 2.23. The first-order valence-electron chi connectivity index (χ1n) is 6.84. The summed E-state index contributed by atoms with van der Waals surface area (Å²) >= 11 is 5.32. The molecule has 0 fully saturated rings. The molecule has 126 valence electrons. The van der Waals surface area contributed by atoms with Gasteiger partial charge in [0.15, 0.2) is 5.11 Å². The number of benzene rings is 1. The Labute approximate surface area is 140 Å². The molecule has 1 rings (SSSR count). The Hall–Kier alpha value is -2.35. The molecule has 0 saturated heterocycles. The lowest BCUT2D eigenvalue weighted by Crippen LogP contribution is -2.40.